The number of imidazole rings is 1. The van der Waals surface area contributed by atoms with Crippen molar-refractivity contribution in [1.82, 2.24) is 24.1 Å². The average Bonchev–Trinajstić information content (AvgIpc) is 3.79. The van der Waals surface area contributed by atoms with E-state index in [1.165, 1.54) is 33.4 Å². The first kappa shape index (κ1) is 39.4. The topological polar surface area (TPSA) is 48.0 Å². The molecule has 0 radical (unpaired) electrons. The van der Waals surface area contributed by atoms with E-state index in [0.717, 1.165) is 67.8 Å². The van der Waals surface area contributed by atoms with Crippen LogP contribution in [0, 0.1) is 39.8 Å². The molecule has 6 heteroatoms. The summed E-state index contributed by atoms with van der Waals surface area (Å²) in [6.07, 6.45) is 1.93. The Morgan fingerprint density at radius 1 is 0.603 bits per heavy atom. The van der Waals surface area contributed by atoms with Crippen LogP contribution >= 0.6 is 0 Å². The van der Waals surface area contributed by atoms with E-state index in [0.29, 0.717) is 0 Å². The molecule has 0 saturated heterocycles. The van der Waals surface area contributed by atoms with Crippen molar-refractivity contribution in [2.45, 2.75) is 85.5 Å². The summed E-state index contributed by atoms with van der Waals surface area (Å²) in [7, 11) is 0. The summed E-state index contributed by atoms with van der Waals surface area (Å²) in [5, 5.41) is 5.22. The van der Waals surface area contributed by atoms with Gasteiger partial charge in [-0.3, -0.25) is 4.68 Å². The van der Waals surface area contributed by atoms with Crippen molar-refractivity contribution in [1.29, 1.82) is 0 Å². The van der Waals surface area contributed by atoms with Crippen LogP contribution < -0.4 is 0 Å². The number of fused-ring (bicyclic) bond motifs is 4. The molecule has 292 valence electrons. The van der Waals surface area contributed by atoms with Crippen molar-refractivity contribution in [2.75, 3.05) is 0 Å². The Morgan fingerprint density at radius 2 is 1.21 bits per heavy atom. The summed E-state index contributed by atoms with van der Waals surface area (Å²) in [5.74, 6) is 0. The van der Waals surface area contributed by atoms with Crippen LogP contribution in [0.15, 0.2) is 115 Å². The van der Waals surface area contributed by atoms with Crippen LogP contribution in [0.4, 0.5) is 0 Å². The maximum atomic E-state index is 5.22. The van der Waals surface area contributed by atoms with Crippen LogP contribution in [0.3, 0.4) is 0 Å². The molecule has 4 aromatic heterocycles. The minimum atomic E-state index is -0.798. The number of aromatic nitrogens is 5. The largest absolute Gasteiger partial charge is 2.00 e. The number of hydrogen-bond acceptors (Lipinski definition) is 3. The van der Waals surface area contributed by atoms with E-state index in [9.17, 15) is 0 Å². The molecule has 0 saturated carbocycles. The summed E-state index contributed by atoms with van der Waals surface area (Å²) in [4.78, 5) is 10.2. The van der Waals surface area contributed by atoms with Crippen LogP contribution in [0.1, 0.15) is 97.7 Å². The monoisotopic (exact) mass is 938 g/mol. The van der Waals surface area contributed by atoms with Crippen LogP contribution in [0.25, 0.3) is 45.0 Å². The van der Waals surface area contributed by atoms with Gasteiger partial charge in [0, 0.05) is 28.6 Å². The van der Waals surface area contributed by atoms with Gasteiger partial charge in [-0.2, -0.15) is 28.9 Å². The predicted molar refractivity (Wildman–Crippen MR) is 232 cm³/mol. The van der Waals surface area contributed by atoms with Crippen LogP contribution in [0.5, 0.6) is 0 Å². The summed E-state index contributed by atoms with van der Waals surface area (Å²) in [6, 6.07) is 47.7. The molecule has 4 aromatic carbocycles. The Kier molecular flexibility index (Phi) is 9.64. The SMILES string of the molecule is Cc1nn(-c2[c-]c(C3(c4[c-]c(-c5cc(C(C)(C)C)ccn5)n5c(C)c(C)nc5c4)c4ccccc4-c4ccccc43)cc(C(C)(C)C)c2)c(C)c1-c1ccccc1.[Pt+2]. The molecule has 5 nitrogen and oxygen atoms in total. The van der Waals surface area contributed by atoms with E-state index >= 15 is 0 Å². The molecule has 0 spiro atoms. The number of nitrogens with zero attached hydrogens (tertiary/aromatic N) is 5. The Balaban J connectivity index is 0.00000469. The Labute approximate surface area is 357 Å². The van der Waals surface area contributed by atoms with Crippen LogP contribution in [0.2, 0.25) is 0 Å². The van der Waals surface area contributed by atoms with Gasteiger partial charge in [0.1, 0.15) is 0 Å². The Bertz CT molecular complexity index is 2820. The predicted octanol–water partition coefficient (Wildman–Crippen LogP) is 12.0. The standard InChI is InChI=1S/C52H49N5.Pt/c1-32-34(3)56-47(46-29-37(24-25-53-46)50(5,6)7)30-40(31-48(56)54-32)52(44-22-16-14-20-42(44)43-21-15-17-23-45(43)52)39-26-38(51(8,9)10)27-41(28-39)57-35(4)49(33(2)55-57)36-18-12-11-13-19-36;/h11-27,29,31H,1-10H3;/q-2;+2. The molecule has 58 heavy (non-hydrogen) atoms. The summed E-state index contributed by atoms with van der Waals surface area (Å²) in [6.45, 7) is 22.1. The van der Waals surface area contributed by atoms with E-state index in [2.05, 4.69) is 200 Å². The van der Waals surface area contributed by atoms with Crippen LogP contribution in [-0.2, 0) is 37.3 Å². The first-order chi connectivity index (χ1) is 27.2. The van der Waals surface area contributed by atoms with Crippen molar-refractivity contribution in [3.05, 3.63) is 184 Å². The summed E-state index contributed by atoms with van der Waals surface area (Å²) in [5.41, 5.74) is 18.2. The van der Waals surface area contributed by atoms with Gasteiger partial charge in [-0.1, -0.05) is 132 Å². The number of pyridine rings is 2. The third-order valence-electron chi connectivity index (χ3n) is 12.1. The normalized spacial score (nSPS) is 13.3. The van der Waals surface area contributed by atoms with Crippen molar-refractivity contribution in [3.63, 3.8) is 0 Å². The molecule has 0 aliphatic heterocycles. The van der Waals surface area contributed by atoms with Gasteiger partial charge >= 0.3 is 21.1 Å². The van der Waals surface area contributed by atoms with Crippen LogP contribution in [-0.4, -0.2) is 24.1 Å². The zero-order valence-corrected chi connectivity index (χ0v) is 37.3. The van der Waals surface area contributed by atoms with Gasteiger partial charge in [0.15, 0.2) is 0 Å². The zero-order valence-electron chi connectivity index (χ0n) is 35.0. The molecule has 9 rings (SSSR count). The number of benzene rings is 4. The fourth-order valence-corrected chi connectivity index (χ4v) is 8.94. The smallest absolute Gasteiger partial charge is 0.330 e. The van der Waals surface area contributed by atoms with Gasteiger partial charge in [-0.25, -0.2) is 4.98 Å². The second-order valence-electron chi connectivity index (χ2n) is 17.8. The fourth-order valence-electron chi connectivity index (χ4n) is 8.94. The molecule has 0 fully saturated rings. The molecule has 8 aromatic rings. The quantitative estimate of drug-likeness (QED) is 0.162. The van der Waals surface area contributed by atoms with E-state index in [1.807, 2.05) is 6.20 Å². The van der Waals surface area contributed by atoms with Gasteiger partial charge in [-0.15, -0.1) is 23.3 Å². The Morgan fingerprint density at radius 3 is 1.84 bits per heavy atom. The second kappa shape index (κ2) is 14.2. The molecule has 0 unspecified atom stereocenters. The van der Waals surface area contributed by atoms with E-state index in [-0.39, 0.29) is 31.9 Å². The zero-order chi connectivity index (χ0) is 40.0. The van der Waals surface area contributed by atoms with Crippen molar-refractivity contribution < 1.29 is 21.1 Å². The van der Waals surface area contributed by atoms with E-state index in [1.54, 1.807) is 0 Å². The first-order valence-corrected chi connectivity index (χ1v) is 20.0. The van der Waals surface area contributed by atoms with E-state index < -0.39 is 5.41 Å². The molecule has 0 atom stereocenters. The summed E-state index contributed by atoms with van der Waals surface area (Å²) < 4.78 is 4.33. The maximum absolute atomic E-state index is 5.22. The third kappa shape index (κ3) is 6.13. The van der Waals surface area contributed by atoms with E-state index in [4.69, 9.17) is 15.1 Å². The minimum Gasteiger partial charge on any atom is -0.330 e. The van der Waals surface area contributed by atoms with Crippen molar-refractivity contribution in [3.8, 4) is 39.3 Å². The van der Waals surface area contributed by atoms with Gasteiger partial charge in [0.25, 0.3) is 0 Å². The summed E-state index contributed by atoms with van der Waals surface area (Å²) >= 11 is 0. The third-order valence-corrected chi connectivity index (χ3v) is 12.1. The number of aryl methyl sites for hydroxylation is 3. The first-order valence-electron chi connectivity index (χ1n) is 20.0. The number of hydrogen-bond donors (Lipinski definition) is 0. The van der Waals surface area contributed by atoms with Gasteiger partial charge < -0.3 is 9.38 Å². The fraction of sp³-hybridized carbons (Fsp3) is 0.250. The average molecular weight is 939 g/mol. The molecule has 4 heterocycles. The van der Waals surface area contributed by atoms with Gasteiger partial charge in [-0.05, 0) is 89.5 Å². The molecular weight excluding hydrogens is 890 g/mol. The number of rotatable bonds is 5. The van der Waals surface area contributed by atoms with Crippen molar-refractivity contribution in [2.24, 2.45) is 0 Å². The molecule has 1 aliphatic rings. The Hall–Kier alpha value is -5.38. The molecule has 0 amide bonds. The minimum absolute atomic E-state index is 0. The van der Waals surface area contributed by atoms with Gasteiger partial charge in [0.05, 0.1) is 17.0 Å². The van der Waals surface area contributed by atoms with Gasteiger partial charge in [0.2, 0.25) is 0 Å². The molecule has 0 N–H and O–H groups in total. The molecule has 1 aliphatic carbocycles. The van der Waals surface area contributed by atoms with Crippen molar-refractivity contribution >= 4 is 5.65 Å². The second-order valence-corrected chi connectivity index (χ2v) is 17.8. The molecular formula is C52H49N5Pt. The molecule has 0 bridgehead atoms. The maximum Gasteiger partial charge on any atom is 2.00 e.